The minimum atomic E-state index is -0.0182. The Hall–Kier alpha value is -1.43. The molecule has 0 unspecified atom stereocenters. The second-order valence-electron chi connectivity index (χ2n) is 6.34. The van der Waals surface area contributed by atoms with E-state index in [9.17, 15) is 4.79 Å². The van der Waals surface area contributed by atoms with Crippen LogP contribution in [0.25, 0.3) is 6.08 Å². The maximum absolute atomic E-state index is 12.1. The van der Waals surface area contributed by atoms with E-state index in [1.165, 1.54) is 17.7 Å². The molecule has 0 spiro atoms. The molecule has 0 bridgehead atoms. The Morgan fingerprint density at radius 1 is 1.29 bits per heavy atom. The van der Waals surface area contributed by atoms with Crippen LogP contribution >= 0.6 is 22.7 Å². The lowest BCUT2D eigenvalue weighted by molar-refractivity contribution is -0.116. The van der Waals surface area contributed by atoms with Gasteiger partial charge in [-0.25, -0.2) is 0 Å². The van der Waals surface area contributed by atoms with Gasteiger partial charge in [0.25, 0.3) is 0 Å². The highest BCUT2D eigenvalue weighted by Crippen LogP contribution is 2.29. The number of carbonyl (C=O) groups is 1. The van der Waals surface area contributed by atoms with E-state index in [0.717, 1.165) is 23.9 Å². The van der Waals surface area contributed by atoms with Crippen molar-refractivity contribution in [3.63, 3.8) is 0 Å². The molecule has 3 nitrogen and oxygen atoms in total. The summed E-state index contributed by atoms with van der Waals surface area (Å²) in [7, 11) is 0. The van der Waals surface area contributed by atoms with Crippen molar-refractivity contribution in [1.82, 2.24) is 10.2 Å². The first-order valence-corrected chi connectivity index (χ1v) is 10.2. The predicted molar refractivity (Wildman–Crippen MR) is 103 cm³/mol. The summed E-state index contributed by atoms with van der Waals surface area (Å²) >= 11 is 3.42. The Kier molecular flexibility index (Phi) is 6.24. The molecule has 1 saturated heterocycles. The standard InChI is InChI=1S/C19H24N2OS2/c1-15-8-10-21(11-9-15)17(18-5-3-13-24-18)14-20-19(22)7-6-16-4-2-12-23-16/h2-7,12-13,15,17H,8-11,14H2,1H3,(H,20,22)/b7-6+/t17-/m1/s1. The highest BCUT2D eigenvalue weighted by Gasteiger charge is 2.25. The smallest absolute Gasteiger partial charge is 0.244 e. The van der Waals surface area contributed by atoms with Crippen molar-refractivity contribution < 1.29 is 4.79 Å². The first-order chi connectivity index (χ1) is 11.7. The molecule has 1 N–H and O–H groups in total. The number of nitrogens with one attached hydrogen (secondary N) is 1. The second-order valence-corrected chi connectivity index (χ2v) is 8.30. The molecule has 5 heteroatoms. The normalized spacial score (nSPS) is 18.0. The third-order valence-electron chi connectivity index (χ3n) is 4.54. The number of rotatable bonds is 6. The number of carbonyl (C=O) groups excluding carboxylic acids is 1. The van der Waals surface area contributed by atoms with E-state index in [2.05, 4.69) is 34.7 Å². The molecule has 2 aromatic rings. The van der Waals surface area contributed by atoms with Gasteiger partial charge in [0.2, 0.25) is 5.91 Å². The van der Waals surface area contributed by atoms with Gasteiger partial charge < -0.3 is 5.32 Å². The minimum Gasteiger partial charge on any atom is -0.351 e. The lowest BCUT2D eigenvalue weighted by Gasteiger charge is -2.36. The summed E-state index contributed by atoms with van der Waals surface area (Å²) in [6.07, 6.45) is 6.00. The molecule has 3 heterocycles. The van der Waals surface area contributed by atoms with Crippen molar-refractivity contribution in [3.8, 4) is 0 Å². The monoisotopic (exact) mass is 360 g/mol. The molecule has 1 atom stereocenters. The van der Waals surface area contributed by atoms with Crippen molar-refractivity contribution in [2.24, 2.45) is 5.92 Å². The molecule has 1 aliphatic rings. The zero-order valence-corrected chi connectivity index (χ0v) is 15.6. The van der Waals surface area contributed by atoms with E-state index >= 15 is 0 Å². The summed E-state index contributed by atoms with van der Waals surface area (Å²) in [5, 5.41) is 7.22. The van der Waals surface area contributed by atoms with E-state index in [-0.39, 0.29) is 11.9 Å². The van der Waals surface area contributed by atoms with Crippen LogP contribution < -0.4 is 5.32 Å². The van der Waals surface area contributed by atoms with Crippen LogP contribution in [0.2, 0.25) is 0 Å². The average Bonchev–Trinajstić information content (AvgIpc) is 3.28. The fraction of sp³-hybridized carbons (Fsp3) is 0.421. The van der Waals surface area contributed by atoms with E-state index < -0.39 is 0 Å². The maximum Gasteiger partial charge on any atom is 0.244 e. The van der Waals surface area contributed by atoms with Crippen LogP contribution in [0.5, 0.6) is 0 Å². The Bertz CT molecular complexity index is 641. The van der Waals surface area contributed by atoms with Gasteiger partial charge >= 0.3 is 0 Å². The molecule has 0 aromatic carbocycles. The lowest BCUT2D eigenvalue weighted by atomic mass is 9.97. The summed E-state index contributed by atoms with van der Waals surface area (Å²) in [5.74, 6) is 0.795. The molecular weight excluding hydrogens is 336 g/mol. The minimum absolute atomic E-state index is 0.0182. The zero-order chi connectivity index (χ0) is 16.8. The summed E-state index contributed by atoms with van der Waals surface area (Å²) in [4.78, 5) is 17.1. The van der Waals surface area contributed by atoms with Gasteiger partial charge in [0, 0.05) is 22.4 Å². The summed E-state index contributed by atoms with van der Waals surface area (Å²) in [5.41, 5.74) is 0. The molecule has 0 aliphatic carbocycles. The van der Waals surface area contributed by atoms with Crippen molar-refractivity contribution in [1.29, 1.82) is 0 Å². The lowest BCUT2D eigenvalue weighted by Crippen LogP contribution is -2.41. The van der Waals surface area contributed by atoms with Crippen LogP contribution in [0.4, 0.5) is 0 Å². The Labute approximate surface area is 152 Å². The number of nitrogens with zero attached hydrogens (tertiary/aromatic N) is 1. The van der Waals surface area contributed by atoms with Gasteiger partial charge in [0.05, 0.1) is 6.04 Å². The van der Waals surface area contributed by atoms with Crippen molar-refractivity contribution in [3.05, 3.63) is 50.9 Å². The van der Waals surface area contributed by atoms with Crippen molar-refractivity contribution >= 4 is 34.7 Å². The predicted octanol–water partition coefficient (Wildman–Crippen LogP) is 4.41. The quantitative estimate of drug-likeness (QED) is 0.774. The summed E-state index contributed by atoms with van der Waals surface area (Å²) in [6.45, 7) is 5.23. The number of piperidine rings is 1. The van der Waals surface area contributed by atoms with Crippen LogP contribution in [-0.2, 0) is 4.79 Å². The number of amides is 1. The third kappa shape index (κ3) is 4.79. The van der Waals surface area contributed by atoms with Gasteiger partial charge in [-0.3, -0.25) is 9.69 Å². The van der Waals surface area contributed by atoms with Gasteiger partial charge in [-0.1, -0.05) is 19.1 Å². The average molecular weight is 361 g/mol. The number of thiophene rings is 2. The SMILES string of the molecule is CC1CCN([C@H](CNC(=O)/C=C/c2cccs2)c2cccs2)CC1. The van der Waals surface area contributed by atoms with Gasteiger partial charge in [0.1, 0.15) is 0 Å². The molecule has 0 saturated carbocycles. The second kappa shape index (κ2) is 8.60. The zero-order valence-electron chi connectivity index (χ0n) is 14.0. The molecule has 1 aliphatic heterocycles. The molecule has 1 fully saturated rings. The topological polar surface area (TPSA) is 32.3 Å². The molecule has 1 amide bonds. The van der Waals surface area contributed by atoms with Crippen molar-refractivity contribution in [2.75, 3.05) is 19.6 Å². The highest BCUT2D eigenvalue weighted by molar-refractivity contribution is 7.10. The molecule has 2 aromatic heterocycles. The van der Waals surface area contributed by atoms with Crippen LogP contribution in [0.3, 0.4) is 0 Å². The highest BCUT2D eigenvalue weighted by atomic mass is 32.1. The molecule has 0 radical (unpaired) electrons. The van der Waals surface area contributed by atoms with Crippen LogP contribution in [0.15, 0.2) is 41.1 Å². The summed E-state index contributed by atoms with van der Waals surface area (Å²) in [6, 6.07) is 8.57. The van der Waals surface area contributed by atoms with Gasteiger partial charge in [-0.05, 0) is 60.8 Å². The molecule has 24 heavy (non-hydrogen) atoms. The van der Waals surface area contributed by atoms with E-state index in [1.807, 2.05) is 23.6 Å². The van der Waals surface area contributed by atoms with Gasteiger partial charge in [-0.15, -0.1) is 22.7 Å². The first kappa shape index (κ1) is 17.4. The molecular formula is C19H24N2OS2. The summed E-state index contributed by atoms with van der Waals surface area (Å²) < 4.78 is 0. The largest absolute Gasteiger partial charge is 0.351 e. The molecule has 3 rings (SSSR count). The Balaban J connectivity index is 1.59. The first-order valence-electron chi connectivity index (χ1n) is 8.49. The van der Waals surface area contributed by atoms with E-state index in [4.69, 9.17) is 0 Å². The Morgan fingerprint density at radius 2 is 2.04 bits per heavy atom. The fourth-order valence-corrected chi connectivity index (χ4v) is 4.51. The molecule has 128 valence electrons. The van der Waals surface area contributed by atoms with E-state index in [0.29, 0.717) is 6.54 Å². The van der Waals surface area contributed by atoms with Crippen LogP contribution in [-0.4, -0.2) is 30.4 Å². The van der Waals surface area contributed by atoms with Gasteiger partial charge in [0.15, 0.2) is 0 Å². The van der Waals surface area contributed by atoms with Crippen molar-refractivity contribution in [2.45, 2.75) is 25.8 Å². The number of hydrogen-bond acceptors (Lipinski definition) is 4. The fourth-order valence-electron chi connectivity index (χ4n) is 3.03. The van der Waals surface area contributed by atoms with Gasteiger partial charge in [-0.2, -0.15) is 0 Å². The van der Waals surface area contributed by atoms with E-state index in [1.54, 1.807) is 28.7 Å². The Morgan fingerprint density at radius 3 is 2.71 bits per heavy atom. The number of likely N-dealkylation sites (tertiary alicyclic amines) is 1. The maximum atomic E-state index is 12.1. The third-order valence-corrected chi connectivity index (χ3v) is 6.35. The number of hydrogen-bond donors (Lipinski definition) is 1. The van der Waals surface area contributed by atoms with Crippen LogP contribution in [0.1, 0.15) is 35.6 Å². The van der Waals surface area contributed by atoms with Crippen LogP contribution in [0, 0.1) is 5.92 Å².